The van der Waals surface area contributed by atoms with Gasteiger partial charge in [-0.25, -0.2) is 0 Å². The minimum absolute atomic E-state index is 0.000302. The fourth-order valence-corrected chi connectivity index (χ4v) is 1.38. The second kappa shape index (κ2) is 5.37. The fourth-order valence-electron chi connectivity index (χ4n) is 1.38. The number of carbonyl (C=O) groups excluding carboxylic acids is 1. The molecule has 0 unspecified atom stereocenters. The van der Waals surface area contributed by atoms with Crippen LogP contribution in [0.25, 0.3) is 0 Å². The number of aliphatic hydroxyl groups is 1. The highest BCUT2D eigenvalue weighted by atomic mass is 16.3. The van der Waals surface area contributed by atoms with Crippen molar-refractivity contribution in [3.8, 4) is 5.75 Å². The van der Waals surface area contributed by atoms with Crippen LogP contribution in [0.15, 0.2) is 18.2 Å². The molecule has 5 nitrogen and oxygen atoms in total. The van der Waals surface area contributed by atoms with E-state index in [1.807, 2.05) is 0 Å². The number of benzene rings is 1. The molecule has 0 saturated heterocycles. The Morgan fingerprint density at radius 3 is 2.75 bits per heavy atom. The third kappa shape index (κ3) is 3.13. The highest BCUT2D eigenvalue weighted by Crippen LogP contribution is 2.29. The predicted molar refractivity (Wildman–Crippen MR) is 62.8 cm³/mol. The molecule has 16 heavy (non-hydrogen) atoms. The van der Waals surface area contributed by atoms with E-state index in [1.54, 1.807) is 24.1 Å². The van der Waals surface area contributed by atoms with Crippen LogP contribution in [0.4, 0.5) is 11.4 Å². The van der Waals surface area contributed by atoms with E-state index >= 15 is 0 Å². The Morgan fingerprint density at radius 1 is 1.50 bits per heavy atom. The molecular weight excluding hydrogens is 208 g/mol. The minimum atomic E-state index is -0.165. The average molecular weight is 224 g/mol. The van der Waals surface area contributed by atoms with Crippen molar-refractivity contribution in [2.24, 2.45) is 0 Å². The highest BCUT2D eigenvalue weighted by Gasteiger charge is 2.07. The number of aliphatic hydroxyl groups excluding tert-OH is 1. The maximum Gasteiger partial charge on any atom is 0.221 e. The van der Waals surface area contributed by atoms with Gasteiger partial charge in [-0.15, -0.1) is 0 Å². The molecule has 0 aliphatic rings. The summed E-state index contributed by atoms with van der Waals surface area (Å²) in [4.78, 5) is 12.6. The maximum absolute atomic E-state index is 10.9. The summed E-state index contributed by atoms with van der Waals surface area (Å²) >= 11 is 0. The lowest BCUT2D eigenvalue weighted by Crippen LogP contribution is -2.21. The summed E-state index contributed by atoms with van der Waals surface area (Å²) in [5.74, 6) is -0.0495. The summed E-state index contributed by atoms with van der Waals surface area (Å²) in [6.45, 7) is 1.83. The Balaban J connectivity index is 2.93. The Hall–Kier alpha value is -1.75. The number of amides is 1. The summed E-state index contributed by atoms with van der Waals surface area (Å²) in [5, 5.41) is 21.1. The summed E-state index contributed by atoms with van der Waals surface area (Å²) in [6.07, 6.45) is 0. The first-order chi connectivity index (χ1) is 7.54. The van der Waals surface area contributed by atoms with Gasteiger partial charge in [-0.05, 0) is 18.2 Å². The molecule has 1 aromatic rings. The quantitative estimate of drug-likeness (QED) is 0.661. The van der Waals surface area contributed by atoms with E-state index in [1.165, 1.54) is 13.0 Å². The summed E-state index contributed by atoms with van der Waals surface area (Å²) in [5.41, 5.74) is 1.19. The van der Waals surface area contributed by atoms with Gasteiger partial charge in [-0.1, -0.05) is 0 Å². The van der Waals surface area contributed by atoms with Crippen LogP contribution in [0.5, 0.6) is 5.75 Å². The van der Waals surface area contributed by atoms with Crippen molar-refractivity contribution < 1.29 is 15.0 Å². The lowest BCUT2D eigenvalue weighted by molar-refractivity contribution is -0.114. The van der Waals surface area contributed by atoms with Gasteiger partial charge in [0.15, 0.2) is 0 Å². The fraction of sp³-hybridized carbons (Fsp3) is 0.364. The number of carbonyl (C=O) groups is 1. The van der Waals surface area contributed by atoms with Gasteiger partial charge in [-0.2, -0.15) is 0 Å². The molecule has 0 spiro atoms. The van der Waals surface area contributed by atoms with Crippen molar-refractivity contribution in [2.45, 2.75) is 6.92 Å². The molecule has 1 aromatic carbocycles. The number of hydrogen-bond acceptors (Lipinski definition) is 4. The number of anilines is 2. The van der Waals surface area contributed by atoms with E-state index in [-0.39, 0.29) is 18.3 Å². The summed E-state index contributed by atoms with van der Waals surface area (Å²) in [7, 11) is 1.75. The van der Waals surface area contributed by atoms with Crippen LogP contribution in [-0.2, 0) is 4.79 Å². The molecule has 0 radical (unpaired) electrons. The number of likely N-dealkylation sites (N-methyl/N-ethyl adjacent to an activating group) is 1. The zero-order chi connectivity index (χ0) is 12.1. The molecule has 0 bridgehead atoms. The Morgan fingerprint density at radius 2 is 2.19 bits per heavy atom. The Kier molecular flexibility index (Phi) is 4.13. The molecule has 0 aliphatic heterocycles. The van der Waals surface area contributed by atoms with Crippen LogP contribution in [0.3, 0.4) is 0 Å². The van der Waals surface area contributed by atoms with E-state index in [0.29, 0.717) is 17.9 Å². The smallest absolute Gasteiger partial charge is 0.221 e. The molecule has 1 amide bonds. The first kappa shape index (κ1) is 12.3. The molecule has 3 N–H and O–H groups in total. The number of aromatic hydroxyl groups is 1. The second-order valence-corrected chi connectivity index (χ2v) is 3.53. The van der Waals surface area contributed by atoms with Crippen LogP contribution in [0.2, 0.25) is 0 Å². The number of hydrogen-bond donors (Lipinski definition) is 3. The van der Waals surface area contributed by atoms with E-state index in [9.17, 15) is 9.90 Å². The zero-order valence-corrected chi connectivity index (χ0v) is 9.40. The van der Waals surface area contributed by atoms with Gasteiger partial charge in [0.25, 0.3) is 0 Å². The third-order valence-electron chi connectivity index (χ3n) is 2.14. The minimum Gasteiger partial charge on any atom is -0.506 e. The first-order valence-electron chi connectivity index (χ1n) is 4.97. The van der Waals surface area contributed by atoms with E-state index in [0.717, 1.165) is 0 Å². The molecule has 5 heteroatoms. The van der Waals surface area contributed by atoms with Crippen LogP contribution in [-0.4, -0.2) is 36.3 Å². The van der Waals surface area contributed by atoms with Crippen molar-refractivity contribution in [1.82, 2.24) is 0 Å². The largest absolute Gasteiger partial charge is 0.506 e. The van der Waals surface area contributed by atoms with Gasteiger partial charge in [0.2, 0.25) is 5.91 Å². The number of nitrogens with zero attached hydrogens (tertiary/aromatic N) is 1. The van der Waals surface area contributed by atoms with Crippen molar-refractivity contribution in [3.63, 3.8) is 0 Å². The molecule has 0 fully saturated rings. The van der Waals surface area contributed by atoms with Gasteiger partial charge >= 0.3 is 0 Å². The van der Waals surface area contributed by atoms with E-state index in [2.05, 4.69) is 5.32 Å². The molecular formula is C11H16N2O3. The predicted octanol–water partition coefficient (Wildman–Crippen LogP) is 0.779. The second-order valence-electron chi connectivity index (χ2n) is 3.53. The number of phenols is 1. The van der Waals surface area contributed by atoms with Gasteiger partial charge < -0.3 is 20.4 Å². The van der Waals surface area contributed by atoms with Gasteiger partial charge in [0.05, 0.1) is 12.3 Å². The molecule has 88 valence electrons. The monoisotopic (exact) mass is 224 g/mol. The molecule has 0 atom stereocenters. The van der Waals surface area contributed by atoms with Gasteiger partial charge in [-0.3, -0.25) is 4.79 Å². The van der Waals surface area contributed by atoms with E-state index < -0.39 is 0 Å². The van der Waals surface area contributed by atoms with Crippen LogP contribution < -0.4 is 10.2 Å². The summed E-state index contributed by atoms with van der Waals surface area (Å²) < 4.78 is 0. The molecule has 0 heterocycles. The topological polar surface area (TPSA) is 72.8 Å². The zero-order valence-electron chi connectivity index (χ0n) is 9.40. The standard InChI is InChI=1S/C11H16N2O3/c1-8(15)12-9-3-4-11(16)10(7-9)13(2)5-6-14/h3-4,7,14,16H,5-6H2,1-2H3,(H,12,15). The Labute approximate surface area is 94.3 Å². The normalized spacial score (nSPS) is 9.94. The molecule has 0 aliphatic carbocycles. The van der Waals surface area contributed by atoms with Crippen molar-refractivity contribution in [1.29, 1.82) is 0 Å². The van der Waals surface area contributed by atoms with Crippen molar-refractivity contribution >= 4 is 17.3 Å². The van der Waals surface area contributed by atoms with Crippen LogP contribution in [0, 0.1) is 0 Å². The van der Waals surface area contributed by atoms with Crippen LogP contribution >= 0.6 is 0 Å². The van der Waals surface area contributed by atoms with Crippen molar-refractivity contribution in [2.75, 3.05) is 30.4 Å². The maximum atomic E-state index is 10.9. The first-order valence-corrected chi connectivity index (χ1v) is 4.97. The lowest BCUT2D eigenvalue weighted by Gasteiger charge is -2.20. The molecule has 0 saturated carbocycles. The highest BCUT2D eigenvalue weighted by molar-refractivity contribution is 5.89. The SMILES string of the molecule is CC(=O)Nc1ccc(O)c(N(C)CCO)c1. The third-order valence-corrected chi connectivity index (χ3v) is 2.14. The van der Waals surface area contributed by atoms with Gasteiger partial charge in [0, 0.05) is 26.2 Å². The average Bonchev–Trinajstić information content (AvgIpc) is 2.20. The molecule has 0 aromatic heterocycles. The van der Waals surface area contributed by atoms with Crippen molar-refractivity contribution in [3.05, 3.63) is 18.2 Å². The Bertz CT molecular complexity index is 379. The number of nitrogens with one attached hydrogen (secondary N) is 1. The summed E-state index contributed by atoms with van der Waals surface area (Å²) in [6, 6.07) is 4.79. The number of phenolic OH excluding ortho intramolecular Hbond substituents is 1. The van der Waals surface area contributed by atoms with Gasteiger partial charge in [0.1, 0.15) is 5.75 Å². The lowest BCUT2D eigenvalue weighted by atomic mass is 10.2. The van der Waals surface area contributed by atoms with Crippen LogP contribution in [0.1, 0.15) is 6.92 Å². The van der Waals surface area contributed by atoms with E-state index in [4.69, 9.17) is 5.11 Å². The molecule has 1 rings (SSSR count). The number of rotatable bonds is 4.